The number of rotatable bonds is 4. The van der Waals surface area contributed by atoms with E-state index >= 15 is 0 Å². The Morgan fingerprint density at radius 2 is 1.94 bits per heavy atom. The van der Waals surface area contributed by atoms with Gasteiger partial charge in [-0.05, 0) is 49.7 Å². The Kier molecular flexibility index (Phi) is 4.09. The van der Waals surface area contributed by atoms with Crippen LogP contribution in [-0.4, -0.2) is 4.98 Å². The Morgan fingerprint density at radius 1 is 1.28 bits per heavy atom. The molecular formula is C14H18N2OS. The second kappa shape index (κ2) is 5.59. The zero-order valence-corrected chi connectivity index (χ0v) is 11.8. The Labute approximate surface area is 112 Å². The lowest BCUT2D eigenvalue weighted by molar-refractivity contribution is 0.431. The van der Waals surface area contributed by atoms with Crippen LogP contribution in [0.15, 0.2) is 38.8 Å². The smallest absolute Gasteiger partial charge is 0.260 e. The van der Waals surface area contributed by atoms with E-state index in [1.807, 2.05) is 13.8 Å². The van der Waals surface area contributed by atoms with Gasteiger partial charge in [-0.2, -0.15) is 0 Å². The van der Waals surface area contributed by atoms with Gasteiger partial charge in [0, 0.05) is 10.9 Å². The van der Waals surface area contributed by atoms with Gasteiger partial charge in [0.2, 0.25) is 0 Å². The number of oxazole rings is 1. The van der Waals surface area contributed by atoms with Crippen molar-refractivity contribution in [2.24, 2.45) is 5.73 Å². The minimum Gasteiger partial charge on any atom is -0.436 e. The molecule has 3 nitrogen and oxygen atoms in total. The van der Waals surface area contributed by atoms with Gasteiger partial charge in [0.1, 0.15) is 5.76 Å². The van der Waals surface area contributed by atoms with Crippen LogP contribution in [0.25, 0.3) is 0 Å². The lowest BCUT2D eigenvalue weighted by atomic mass is 10.1. The van der Waals surface area contributed by atoms with Gasteiger partial charge >= 0.3 is 0 Å². The van der Waals surface area contributed by atoms with Crippen LogP contribution < -0.4 is 5.73 Å². The molecule has 1 aromatic carbocycles. The van der Waals surface area contributed by atoms with Crippen molar-refractivity contribution < 1.29 is 4.42 Å². The minimum absolute atomic E-state index is 0.121. The van der Waals surface area contributed by atoms with E-state index in [1.165, 1.54) is 17.3 Å². The fraction of sp³-hybridized carbons (Fsp3) is 0.357. The zero-order valence-electron chi connectivity index (χ0n) is 10.9. The summed E-state index contributed by atoms with van der Waals surface area (Å²) in [6.45, 7) is 5.97. The third kappa shape index (κ3) is 2.94. The lowest BCUT2D eigenvalue weighted by Crippen LogP contribution is -2.07. The van der Waals surface area contributed by atoms with Gasteiger partial charge in [0.05, 0.1) is 5.69 Å². The Morgan fingerprint density at radius 3 is 2.44 bits per heavy atom. The molecule has 18 heavy (non-hydrogen) atoms. The molecule has 0 radical (unpaired) electrons. The fourth-order valence-electron chi connectivity index (χ4n) is 1.61. The van der Waals surface area contributed by atoms with Gasteiger partial charge in [-0.15, -0.1) is 0 Å². The summed E-state index contributed by atoms with van der Waals surface area (Å²) in [6.07, 6.45) is 0.949. The summed E-state index contributed by atoms with van der Waals surface area (Å²) in [6, 6.07) is 8.38. The van der Waals surface area contributed by atoms with Gasteiger partial charge in [0.15, 0.2) is 0 Å². The van der Waals surface area contributed by atoms with Crippen molar-refractivity contribution in [3.8, 4) is 0 Å². The molecule has 2 aromatic rings. The largest absolute Gasteiger partial charge is 0.436 e. The first kappa shape index (κ1) is 13.2. The van der Waals surface area contributed by atoms with Crippen LogP contribution >= 0.6 is 11.8 Å². The maximum absolute atomic E-state index is 5.98. The van der Waals surface area contributed by atoms with Crippen LogP contribution in [-0.2, 0) is 0 Å². The average molecular weight is 262 g/mol. The van der Waals surface area contributed by atoms with E-state index in [4.69, 9.17) is 10.2 Å². The van der Waals surface area contributed by atoms with Crippen molar-refractivity contribution in [1.29, 1.82) is 0 Å². The predicted octanol–water partition coefficient (Wildman–Crippen LogP) is 3.85. The number of nitrogens with zero attached hydrogens (tertiary/aromatic N) is 1. The number of nitrogens with two attached hydrogens (primary N) is 1. The molecular weight excluding hydrogens is 244 g/mol. The van der Waals surface area contributed by atoms with E-state index in [2.05, 4.69) is 36.2 Å². The summed E-state index contributed by atoms with van der Waals surface area (Å²) in [7, 11) is 0. The molecule has 1 aromatic heterocycles. The van der Waals surface area contributed by atoms with Crippen LogP contribution in [0.3, 0.4) is 0 Å². The molecule has 1 atom stereocenters. The van der Waals surface area contributed by atoms with Crippen molar-refractivity contribution in [1.82, 2.24) is 4.98 Å². The van der Waals surface area contributed by atoms with Crippen molar-refractivity contribution >= 4 is 11.8 Å². The number of benzene rings is 1. The molecule has 0 amide bonds. The highest BCUT2D eigenvalue weighted by Gasteiger charge is 2.08. The van der Waals surface area contributed by atoms with Crippen LogP contribution in [0.1, 0.15) is 36.4 Å². The minimum atomic E-state index is 0.121. The third-order valence-corrected chi connectivity index (χ3v) is 3.82. The summed E-state index contributed by atoms with van der Waals surface area (Å²) >= 11 is 1.53. The standard InChI is InChI=1S/C14H18N2OS/c1-4-13(15)11-5-7-12(8-6-11)18-14-16-9(2)10(3)17-14/h5-8,13H,4,15H2,1-3H3. The summed E-state index contributed by atoms with van der Waals surface area (Å²) in [5.74, 6) is 0.877. The van der Waals surface area contributed by atoms with E-state index in [0.29, 0.717) is 5.22 Å². The fourth-order valence-corrected chi connectivity index (χ4v) is 2.43. The summed E-state index contributed by atoms with van der Waals surface area (Å²) in [5.41, 5.74) is 8.10. The summed E-state index contributed by atoms with van der Waals surface area (Å²) in [4.78, 5) is 5.46. The highest BCUT2D eigenvalue weighted by Crippen LogP contribution is 2.29. The first-order valence-corrected chi connectivity index (χ1v) is 6.89. The molecule has 0 saturated heterocycles. The van der Waals surface area contributed by atoms with Crippen molar-refractivity contribution in [2.45, 2.75) is 43.4 Å². The van der Waals surface area contributed by atoms with Crippen molar-refractivity contribution in [3.05, 3.63) is 41.3 Å². The molecule has 96 valence electrons. The molecule has 1 heterocycles. The second-order valence-corrected chi connectivity index (χ2v) is 5.33. The first-order valence-electron chi connectivity index (χ1n) is 6.07. The van der Waals surface area contributed by atoms with Crippen LogP contribution in [0.2, 0.25) is 0 Å². The van der Waals surface area contributed by atoms with Gasteiger partial charge in [-0.25, -0.2) is 4.98 Å². The highest BCUT2D eigenvalue weighted by molar-refractivity contribution is 7.99. The zero-order chi connectivity index (χ0) is 13.1. The van der Waals surface area contributed by atoms with E-state index < -0.39 is 0 Å². The highest BCUT2D eigenvalue weighted by atomic mass is 32.2. The van der Waals surface area contributed by atoms with Crippen molar-refractivity contribution in [3.63, 3.8) is 0 Å². The molecule has 1 unspecified atom stereocenters. The predicted molar refractivity (Wildman–Crippen MR) is 73.8 cm³/mol. The maximum atomic E-state index is 5.98. The molecule has 0 spiro atoms. The van der Waals surface area contributed by atoms with Gasteiger partial charge in [-0.1, -0.05) is 19.1 Å². The Hall–Kier alpha value is -1.26. The summed E-state index contributed by atoms with van der Waals surface area (Å²) < 4.78 is 5.54. The normalized spacial score (nSPS) is 12.7. The molecule has 0 aliphatic rings. The number of hydrogen-bond donors (Lipinski definition) is 1. The van der Waals surface area contributed by atoms with E-state index in [0.717, 1.165) is 22.8 Å². The molecule has 0 aliphatic heterocycles. The van der Waals surface area contributed by atoms with E-state index in [9.17, 15) is 0 Å². The lowest BCUT2D eigenvalue weighted by Gasteiger charge is -2.08. The van der Waals surface area contributed by atoms with E-state index in [-0.39, 0.29) is 6.04 Å². The second-order valence-electron chi connectivity index (χ2n) is 4.31. The number of aromatic nitrogens is 1. The Balaban J connectivity index is 2.10. The van der Waals surface area contributed by atoms with Crippen LogP contribution in [0.4, 0.5) is 0 Å². The van der Waals surface area contributed by atoms with E-state index in [1.54, 1.807) is 0 Å². The molecule has 0 fully saturated rings. The molecule has 2 N–H and O–H groups in total. The SMILES string of the molecule is CCC(N)c1ccc(Sc2nc(C)c(C)o2)cc1. The molecule has 2 rings (SSSR count). The average Bonchev–Trinajstić information content (AvgIpc) is 2.68. The monoisotopic (exact) mass is 262 g/mol. The summed E-state index contributed by atoms with van der Waals surface area (Å²) in [5, 5.41) is 0.692. The molecule has 0 bridgehead atoms. The molecule has 0 saturated carbocycles. The quantitative estimate of drug-likeness (QED) is 0.909. The van der Waals surface area contributed by atoms with Crippen LogP contribution in [0, 0.1) is 13.8 Å². The molecule has 0 aliphatic carbocycles. The first-order chi connectivity index (χ1) is 8.60. The van der Waals surface area contributed by atoms with Gasteiger partial charge in [0.25, 0.3) is 5.22 Å². The van der Waals surface area contributed by atoms with Crippen molar-refractivity contribution in [2.75, 3.05) is 0 Å². The van der Waals surface area contributed by atoms with Gasteiger partial charge < -0.3 is 10.2 Å². The van der Waals surface area contributed by atoms with Crippen LogP contribution in [0.5, 0.6) is 0 Å². The number of aryl methyl sites for hydroxylation is 2. The third-order valence-electron chi connectivity index (χ3n) is 2.96. The number of hydrogen-bond acceptors (Lipinski definition) is 4. The molecule has 4 heteroatoms. The Bertz CT molecular complexity index is 500. The van der Waals surface area contributed by atoms with Gasteiger partial charge in [-0.3, -0.25) is 0 Å². The topological polar surface area (TPSA) is 52.0 Å². The maximum Gasteiger partial charge on any atom is 0.260 e.